The van der Waals surface area contributed by atoms with Gasteiger partial charge in [-0.05, 0) is 119 Å². The number of fused-ring (bicyclic) bond motifs is 2. The summed E-state index contributed by atoms with van der Waals surface area (Å²) in [4.78, 5) is 127. The van der Waals surface area contributed by atoms with Gasteiger partial charge in [-0.2, -0.15) is 10.2 Å². The summed E-state index contributed by atoms with van der Waals surface area (Å²) >= 11 is 0. The molecule has 420 valence electrons. The Bertz CT molecular complexity index is 3640. The van der Waals surface area contributed by atoms with E-state index in [1.807, 2.05) is 26.0 Å². The number of anilines is 4. The summed E-state index contributed by atoms with van der Waals surface area (Å²) in [6.45, 7) is 5.61. The van der Waals surface area contributed by atoms with Crippen molar-refractivity contribution in [3.8, 4) is 0 Å². The third kappa shape index (κ3) is 13.6. The molecule has 0 bridgehead atoms. The molecule has 8 N–H and O–H groups in total. The Morgan fingerprint density at radius 2 is 1.10 bits per heavy atom. The van der Waals surface area contributed by atoms with E-state index in [1.54, 1.807) is 50.3 Å². The number of hydrogen-bond donors (Lipinski definition) is 8. The van der Waals surface area contributed by atoms with E-state index < -0.39 is 65.3 Å². The maximum Gasteiger partial charge on any atom is 0.472 e. The maximum atomic E-state index is 13.5. The number of aliphatic imine (C=N–C) groups is 1. The molecule has 3 saturated carbocycles. The molecule has 4 aromatic heterocycles. The van der Waals surface area contributed by atoms with E-state index in [1.165, 1.54) is 34.1 Å². The fourth-order valence-electron chi connectivity index (χ4n) is 8.27. The van der Waals surface area contributed by atoms with Crippen molar-refractivity contribution < 1.29 is 76.0 Å². The summed E-state index contributed by atoms with van der Waals surface area (Å²) in [7, 11) is -9.71. The van der Waals surface area contributed by atoms with Crippen molar-refractivity contribution in [2.75, 3.05) is 30.8 Å². The van der Waals surface area contributed by atoms with Crippen molar-refractivity contribution >= 4 is 91.3 Å². The Morgan fingerprint density at radius 3 is 1.50 bits per heavy atom. The molecule has 0 atom stereocenters. The Balaban J connectivity index is 0.000000194. The van der Waals surface area contributed by atoms with Crippen LogP contribution in [0.1, 0.15) is 102 Å². The third-order valence-corrected chi connectivity index (χ3v) is 13.8. The predicted molar refractivity (Wildman–Crippen MR) is 281 cm³/mol. The van der Waals surface area contributed by atoms with Gasteiger partial charge in [0, 0.05) is 53.0 Å². The fraction of sp³-hybridized carbons (Fsp3) is 0.327. The largest absolute Gasteiger partial charge is 0.472 e. The van der Waals surface area contributed by atoms with Crippen LogP contribution in [-0.4, -0.2) is 138 Å². The van der Waals surface area contributed by atoms with Gasteiger partial charge in [-0.3, -0.25) is 24.2 Å². The summed E-state index contributed by atoms with van der Waals surface area (Å²) in [6.07, 6.45) is 11.2. The van der Waals surface area contributed by atoms with E-state index in [4.69, 9.17) is 29.0 Å². The molecule has 10 rings (SSSR count). The van der Waals surface area contributed by atoms with Crippen LogP contribution in [0.25, 0.3) is 11.0 Å². The first-order chi connectivity index (χ1) is 38.0. The van der Waals surface area contributed by atoms with Gasteiger partial charge in [-0.15, -0.1) is 0 Å². The number of imide groups is 2. The summed E-state index contributed by atoms with van der Waals surface area (Å²) in [6, 6.07) is 9.88. The first-order valence-electron chi connectivity index (χ1n) is 24.7. The lowest BCUT2D eigenvalue weighted by Gasteiger charge is -2.19. The zero-order valence-electron chi connectivity index (χ0n) is 43.1. The molecule has 31 heteroatoms. The molecule has 0 spiro atoms. The molecular weight excluding hydrogens is 1090 g/mol. The van der Waals surface area contributed by atoms with Gasteiger partial charge in [0.25, 0.3) is 23.6 Å². The standard InChI is InChI=1S/C25H26N7O8P.C24H27N6O8P/c1-14-5-6-16(23(33)30-20-4-3-9-26-20)10-19(14)29-22-21-15(2)18(11-31(21)28-12-27-22)24(34)32(17-7-8-17)25(35)39-13-40-41(36,37)38;1-13-3-4-15(22(31)27-16-5-6-16)9-19(13)28-21-20-14(2)18(10-29(20)26-11-25-21)23(32)30(17-7-8-17)24(33)37-12-38-39(34,35)36/h3-6,10-12,17H,7-9,13H2,1-2H3,(H,26,30,33)(H,27,28,29)(H2,36,37,38);3-4,9-11,16-17H,5-8,12H2,1-2H3,(H,27,31)(H,25,26,28)(H2,34,35,36). The number of benzene rings is 2. The van der Waals surface area contributed by atoms with Crippen molar-refractivity contribution in [2.45, 2.75) is 84.3 Å². The molecule has 0 unspecified atom stereocenters. The van der Waals surface area contributed by atoms with Crippen LogP contribution in [0.4, 0.5) is 32.6 Å². The first-order valence-corrected chi connectivity index (χ1v) is 27.7. The second-order valence-electron chi connectivity index (χ2n) is 18.9. The number of phosphoric ester groups is 2. The summed E-state index contributed by atoms with van der Waals surface area (Å²) in [5.74, 6) is -0.559. The van der Waals surface area contributed by atoms with Gasteiger partial charge >= 0.3 is 27.8 Å². The molecule has 2 aromatic carbocycles. The van der Waals surface area contributed by atoms with Gasteiger partial charge in [-0.25, -0.2) is 56.6 Å². The van der Waals surface area contributed by atoms with Crippen LogP contribution < -0.4 is 21.3 Å². The van der Waals surface area contributed by atoms with E-state index in [0.29, 0.717) is 94.4 Å². The lowest BCUT2D eigenvalue weighted by atomic mass is 10.1. The SMILES string of the molecule is Cc1ccc(C(=O)NC2=NCC=C2)cc1Nc1ncnn2cc(C(=O)N(C(=O)OCOP(=O)(O)O)C3CC3)c(C)c12.Cc1ccc(C(=O)NC2CC2)cc1Nc1ncnn2cc(C(=O)N(C(=O)OCOP(=O)(O)O)C3CC3)c(C)c12. The Labute approximate surface area is 453 Å². The van der Waals surface area contributed by atoms with Crippen LogP contribution in [0.5, 0.6) is 0 Å². The van der Waals surface area contributed by atoms with Crippen molar-refractivity contribution in [3.05, 3.63) is 118 Å². The molecular formula is C49H53N13O16P2. The highest BCUT2D eigenvalue weighted by Crippen LogP contribution is 2.38. The number of nitrogens with one attached hydrogen (secondary N) is 4. The zero-order valence-corrected chi connectivity index (χ0v) is 44.9. The number of rotatable bonds is 17. The third-order valence-electron chi connectivity index (χ3n) is 12.9. The van der Waals surface area contributed by atoms with Gasteiger partial charge in [0.15, 0.2) is 11.6 Å². The van der Waals surface area contributed by atoms with Gasteiger partial charge in [0.1, 0.15) is 29.5 Å². The van der Waals surface area contributed by atoms with Crippen LogP contribution in [-0.2, 0) is 27.7 Å². The molecule has 1 aliphatic heterocycles. The number of phosphoric acid groups is 2. The molecule has 6 amide bonds. The molecule has 0 radical (unpaired) electrons. The van der Waals surface area contributed by atoms with Crippen LogP contribution in [0.2, 0.25) is 0 Å². The quantitative estimate of drug-likeness (QED) is 0.0419. The monoisotopic (exact) mass is 1140 g/mol. The number of amides is 6. The average molecular weight is 1140 g/mol. The average Bonchev–Trinajstić information content (AvgIpc) is 4.40. The molecule has 6 aromatic rings. The van der Waals surface area contributed by atoms with E-state index >= 15 is 0 Å². The number of aromatic nitrogens is 6. The number of carbonyl (C=O) groups excluding carboxylic acids is 6. The minimum atomic E-state index is -4.86. The maximum absolute atomic E-state index is 13.5. The van der Waals surface area contributed by atoms with Crippen molar-refractivity contribution in [3.63, 3.8) is 0 Å². The Hall–Kier alpha value is -8.27. The number of hydrogen-bond acceptors (Lipinski definition) is 19. The summed E-state index contributed by atoms with van der Waals surface area (Å²) in [5.41, 5.74) is 6.11. The Kier molecular flexibility index (Phi) is 16.4. The second-order valence-corrected chi connectivity index (χ2v) is 21.4. The van der Waals surface area contributed by atoms with E-state index in [9.17, 15) is 37.9 Å². The molecule has 3 aliphatic carbocycles. The summed E-state index contributed by atoms with van der Waals surface area (Å²) in [5, 5.41) is 20.6. The molecule has 5 heterocycles. The summed E-state index contributed by atoms with van der Waals surface area (Å²) < 4.78 is 42.6. The molecule has 29 nitrogen and oxygen atoms in total. The Morgan fingerprint density at radius 1 is 0.650 bits per heavy atom. The van der Waals surface area contributed by atoms with Crippen molar-refractivity contribution in [1.82, 2.24) is 49.6 Å². The van der Waals surface area contributed by atoms with Crippen molar-refractivity contribution in [1.29, 1.82) is 0 Å². The normalized spacial score (nSPS) is 14.9. The minimum Gasteiger partial charge on any atom is -0.421 e. The van der Waals surface area contributed by atoms with Crippen LogP contribution >= 0.6 is 15.6 Å². The zero-order chi connectivity index (χ0) is 57.2. The fourth-order valence-corrected chi connectivity index (χ4v) is 8.65. The van der Waals surface area contributed by atoms with E-state index in [0.717, 1.165) is 33.8 Å². The highest BCUT2D eigenvalue weighted by atomic mass is 31.2. The molecule has 80 heavy (non-hydrogen) atoms. The van der Waals surface area contributed by atoms with Gasteiger partial charge in [0.05, 0.1) is 17.7 Å². The topological polar surface area (TPSA) is 382 Å². The minimum absolute atomic E-state index is 0.154. The van der Waals surface area contributed by atoms with Crippen LogP contribution in [0.15, 0.2) is 78.6 Å². The number of aryl methyl sites for hydroxylation is 4. The van der Waals surface area contributed by atoms with E-state index in [2.05, 4.69) is 55.5 Å². The highest BCUT2D eigenvalue weighted by Gasteiger charge is 2.42. The van der Waals surface area contributed by atoms with Crippen molar-refractivity contribution in [2.24, 2.45) is 4.99 Å². The van der Waals surface area contributed by atoms with Gasteiger partial charge in [-0.1, -0.05) is 18.2 Å². The van der Waals surface area contributed by atoms with E-state index in [-0.39, 0.29) is 29.0 Å². The van der Waals surface area contributed by atoms with Gasteiger partial charge < -0.3 is 50.3 Å². The number of nitrogens with zero attached hydrogens (tertiary/aromatic N) is 9. The first kappa shape index (κ1) is 56.5. The lowest BCUT2D eigenvalue weighted by molar-refractivity contribution is 0.0170. The van der Waals surface area contributed by atoms with Crippen LogP contribution in [0.3, 0.4) is 0 Å². The number of amidine groups is 1. The molecule has 3 fully saturated rings. The predicted octanol–water partition coefficient (Wildman–Crippen LogP) is 5.39. The molecule has 4 aliphatic rings. The molecule has 0 saturated heterocycles. The van der Waals surface area contributed by atoms with Gasteiger partial charge in [0.2, 0.25) is 13.6 Å². The lowest BCUT2D eigenvalue weighted by Crippen LogP contribution is -2.39. The smallest absolute Gasteiger partial charge is 0.421 e. The van der Waals surface area contributed by atoms with Crippen LogP contribution in [0, 0.1) is 27.7 Å². The number of ether oxygens (including phenoxy) is 2. The highest BCUT2D eigenvalue weighted by molar-refractivity contribution is 7.46. The number of carbonyl (C=O) groups is 6. The second kappa shape index (κ2) is 23.2.